The number of nitrogens with one attached hydrogen (secondary N) is 1. The number of benzene rings is 1. The highest BCUT2D eigenvalue weighted by atomic mass is 32.2. The molecule has 0 unspecified atom stereocenters. The smallest absolute Gasteiger partial charge is 0.333 e. The van der Waals surface area contributed by atoms with Crippen molar-refractivity contribution in [3.05, 3.63) is 28.3 Å². The minimum absolute atomic E-state index is 0.0171. The first kappa shape index (κ1) is 14.6. The number of rotatable bonds is 8. The van der Waals surface area contributed by atoms with E-state index in [4.69, 9.17) is 4.74 Å². The van der Waals surface area contributed by atoms with E-state index < -0.39 is 4.92 Å². The van der Waals surface area contributed by atoms with Crippen molar-refractivity contribution in [1.29, 1.82) is 0 Å². The molecule has 0 aromatic heterocycles. The van der Waals surface area contributed by atoms with Gasteiger partial charge in [0.2, 0.25) is 0 Å². The Morgan fingerprint density at radius 1 is 1.50 bits per heavy atom. The van der Waals surface area contributed by atoms with E-state index in [2.05, 4.69) is 5.32 Å². The van der Waals surface area contributed by atoms with Crippen LogP contribution in [0.25, 0.3) is 0 Å². The summed E-state index contributed by atoms with van der Waals surface area (Å²) in [6.45, 7) is 2.94. The van der Waals surface area contributed by atoms with Gasteiger partial charge in [-0.1, -0.05) is 6.07 Å². The predicted molar refractivity (Wildman–Crippen MR) is 75.8 cm³/mol. The molecule has 18 heavy (non-hydrogen) atoms. The van der Waals surface area contributed by atoms with Crippen molar-refractivity contribution >= 4 is 23.1 Å². The second-order valence-electron chi connectivity index (χ2n) is 3.62. The Morgan fingerprint density at radius 3 is 2.89 bits per heavy atom. The standard InChI is InChI=1S/C12H18N2O3S/c1-3-17-11-7-4-6-10(12(11)14(15)16)13-8-5-9-18-2/h4,6-7,13H,3,5,8-9H2,1-2H3. The van der Waals surface area contributed by atoms with Crippen molar-refractivity contribution in [3.8, 4) is 5.75 Å². The average molecular weight is 270 g/mol. The zero-order chi connectivity index (χ0) is 13.4. The summed E-state index contributed by atoms with van der Waals surface area (Å²) in [6, 6.07) is 5.09. The maximum absolute atomic E-state index is 11.1. The van der Waals surface area contributed by atoms with Gasteiger partial charge < -0.3 is 10.1 Å². The van der Waals surface area contributed by atoms with Gasteiger partial charge in [0.15, 0.2) is 5.75 Å². The third-order valence-electron chi connectivity index (χ3n) is 2.32. The molecule has 0 bridgehead atoms. The summed E-state index contributed by atoms with van der Waals surface area (Å²) in [6.07, 6.45) is 3.01. The molecule has 0 aliphatic rings. The minimum Gasteiger partial charge on any atom is -0.487 e. The van der Waals surface area contributed by atoms with Crippen molar-refractivity contribution in [1.82, 2.24) is 0 Å². The number of hydrogen-bond acceptors (Lipinski definition) is 5. The molecule has 0 amide bonds. The van der Waals surface area contributed by atoms with Crippen LogP contribution in [0.5, 0.6) is 5.75 Å². The first-order valence-electron chi connectivity index (χ1n) is 5.83. The van der Waals surface area contributed by atoms with E-state index in [-0.39, 0.29) is 5.69 Å². The largest absolute Gasteiger partial charge is 0.487 e. The van der Waals surface area contributed by atoms with Crippen LogP contribution >= 0.6 is 11.8 Å². The lowest BCUT2D eigenvalue weighted by atomic mass is 10.2. The summed E-state index contributed by atoms with van der Waals surface area (Å²) >= 11 is 1.76. The fourth-order valence-corrected chi connectivity index (χ4v) is 2.00. The first-order valence-corrected chi connectivity index (χ1v) is 7.23. The summed E-state index contributed by atoms with van der Waals surface area (Å²) in [4.78, 5) is 10.7. The summed E-state index contributed by atoms with van der Waals surface area (Å²) in [5, 5.41) is 14.2. The second-order valence-corrected chi connectivity index (χ2v) is 4.60. The Morgan fingerprint density at radius 2 is 2.28 bits per heavy atom. The lowest BCUT2D eigenvalue weighted by Gasteiger charge is -2.10. The molecule has 1 aromatic rings. The number of thioether (sulfide) groups is 1. The molecule has 0 saturated carbocycles. The number of nitro groups is 1. The van der Waals surface area contributed by atoms with Gasteiger partial charge in [-0.15, -0.1) is 0 Å². The number of nitro benzene ring substituents is 1. The predicted octanol–water partition coefficient (Wildman–Crippen LogP) is 3.16. The van der Waals surface area contributed by atoms with E-state index in [1.807, 2.05) is 13.2 Å². The van der Waals surface area contributed by atoms with Crippen LogP contribution in [0.4, 0.5) is 11.4 Å². The number of para-hydroxylation sites is 1. The van der Waals surface area contributed by atoms with Crippen LogP contribution in [0.3, 0.4) is 0 Å². The molecule has 1 aromatic carbocycles. The zero-order valence-corrected chi connectivity index (χ0v) is 11.5. The molecule has 0 spiro atoms. The van der Waals surface area contributed by atoms with Crippen molar-refractivity contribution in [2.45, 2.75) is 13.3 Å². The Labute approximate surface area is 111 Å². The summed E-state index contributed by atoms with van der Waals surface area (Å²) in [7, 11) is 0. The molecule has 0 heterocycles. The van der Waals surface area contributed by atoms with Crippen molar-refractivity contribution in [2.24, 2.45) is 0 Å². The Kier molecular flexibility index (Phi) is 6.35. The molecular weight excluding hydrogens is 252 g/mol. The maximum Gasteiger partial charge on any atom is 0.333 e. The van der Waals surface area contributed by atoms with Gasteiger partial charge in [-0.2, -0.15) is 11.8 Å². The van der Waals surface area contributed by atoms with Gasteiger partial charge in [0.05, 0.1) is 11.5 Å². The van der Waals surface area contributed by atoms with E-state index in [9.17, 15) is 10.1 Å². The van der Waals surface area contributed by atoms with E-state index >= 15 is 0 Å². The molecule has 1 N–H and O–H groups in total. The quantitative estimate of drug-likeness (QED) is 0.446. The summed E-state index contributed by atoms with van der Waals surface area (Å²) in [5.41, 5.74) is 0.538. The second kappa shape index (κ2) is 7.81. The van der Waals surface area contributed by atoms with Gasteiger partial charge in [0.25, 0.3) is 0 Å². The van der Waals surface area contributed by atoms with Crippen LogP contribution in [-0.2, 0) is 0 Å². The number of anilines is 1. The van der Waals surface area contributed by atoms with Gasteiger partial charge in [-0.25, -0.2) is 0 Å². The van der Waals surface area contributed by atoms with E-state index in [0.29, 0.717) is 18.0 Å². The molecule has 0 aliphatic heterocycles. The van der Waals surface area contributed by atoms with E-state index in [1.54, 1.807) is 30.0 Å². The molecule has 5 nitrogen and oxygen atoms in total. The summed E-state index contributed by atoms with van der Waals surface area (Å²) < 4.78 is 5.28. The molecule has 0 atom stereocenters. The van der Waals surface area contributed by atoms with Crippen molar-refractivity contribution < 1.29 is 9.66 Å². The Balaban J connectivity index is 2.82. The van der Waals surface area contributed by atoms with Crippen LogP contribution in [-0.4, -0.2) is 30.1 Å². The Hall–Kier alpha value is -1.43. The van der Waals surface area contributed by atoms with Gasteiger partial charge in [0.1, 0.15) is 5.69 Å². The zero-order valence-electron chi connectivity index (χ0n) is 10.6. The van der Waals surface area contributed by atoms with Crippen LogP contribution in [0.15, 0.2) is 18.2 Å². The molecule has 6 heteroatoms. The van der Waals surface area contributed by atoms with Crippen molar-refractivity contribution in [2.75, 3.05) is 30.5 Å². The highest BCUT2D eigenvalue weighted by molar-refractivity contribution is 7.98. The fraction of sp³-hybridized carbons (Fsp3) is 0.500. The van der Waals surface area contributed by atoms with Crippen LogP contribution in [0, 0.1) is 10.1 Å². The average Bonchev–Trinajstić information content (AvgIpc) is 2.35. The third kappa shape index (κ3) is 4.10. The maximum atomic E-state index is 11.1. The molecule has 1 rings (SSSR count). The molecule has 0 radical (unpaired) electrons. The van der Waals surface area contributed by atoms with Gasteiger partial charge in [-0.3, -0.25) is 10.1 Å². The monoisotopic (exact) mass is 270 g/mol. The number of hydrogen-bond donors (Lipinski definition) is 1. The van der Waals surface area contributed by atoms with Crippen LogP contribution in [0.1, 0.15) is 13.3 Å². The van der Waals surface area contributed by atoms with E-state index in [1.165, 1.54) is 0 Å². The summed E-state index contributed by atoms with van der Waals surface area (Å²) in [5.74, 6) is 1.35. The Bertz CT molecular complexity index is 399. The highest BCUT2D eigenvalue weighted by Gasteiger charge is 2.20. The van der Waals surface area contributed by atoms with Gasteiger partial charge >= 0.3 is 5.69 Å². The molecule has 0 fully saturated rings. The fourth-order valence-electron chi connectivity index (χ4n) is 1.56. The van der Waals surface area contributed by atoms with Crippen molar-refractivity contribution in [3.63, 3.8) is 0 Å². The molecular formula is C12H18N2O3S. The lowest BCUT2D eigenvalue weighted by molar-refractivity contribution is -0.384. The van der Waals surface area contributed by atoms with Crippen LogP contribution < -0.4 is 10.1 Å². The van der Waals surface area contributed by atoms with E-state index in [0.717, 1.165) is 18.7 Å². The number of ether oxygens (including phenoxy) is 1. The first-order chi connectivity index (χ1) is 8.70. The molecule has 0 aliphatic carbocycles. The molecule has 0 saturated heterocycles. The third-order valence-corrected chi connectivity index (χ3v) is 3.02. The SMILES string of the molecule is CCOc1cccc(NCCCSC)c1[N+](=O)[O-]. The van der Waals surface area contributed by atoms with Gasteiger partial charge in [0, 0.05) is 6.54 Å². The van der Waals surface area contributed by atoms with Crippen LogP contribution in [0.2, 0.25) is 0 Å². The highest BCUT2D eigenvalue weighted by Crippen LogP contribution is 2.34. The minimum atomic E-state index is -0.401. The molecule has 100 valence electrons. The van der Waals surface area contributed by atoms with Gasteiger partial charge in [-0.05, 0) is 37.5 Å². The normalized spacial score (nSPS) is 10.1. The topological polar surface area (TPSA) is 64.4 Å². The number of nitrogens with zero attached hydrogens (tertiary/aromatic N) is 1. The lowest BCUT2D eigenvalue weighted by Crippen LogP contribution is -2.06.